The molecular formula is C6H12O4. The molecule has 1 saturated heterocycles. The fourth-order valence-corrected chi connectivity index (χ4v) is 1.02. The molecule has 3 unspecified atom stereocenters. The number of methoxy groups -OCH3 is 1. The Morgan fingerprint density at radius 1 is 1.60 bits per heavy atom. The molecule has 1 aliphatic rings. The van der Waals surface area contributed by atoms with Gasteiger partial charge < -0.3 is 19.7 Å². The normalized spacial score (nSPS) is 40.5. The molecule has 0 radical (unpaired) electrons. The lowest BCUT2D eigenvalue weighted by molar-refractivity contribution is -0.134. The van der Waals surface area contributed by atoms with E-state index >= 15 is 0 Å². The van der Waals surface area contributed by atoms with Gasteiger partial charge in [-0.1, -0.05) is 0 Å². The number of rotatable bonds is 2. The van der Waals surface area contributed by atoms with Crippen LogP contribution >= 0.6 is 0 Å². The van der Waals surface area contributed by atoms with Crippen molar-refractivity contribution >= 4 is 0 Å². The molecule has 60 valence electrons. The first-order chi connectivity index (χ1) is 4.74. The van der Waals surface area contributed by atoms with Gasteiger partial charge in [-0.25, -0.2) is 0 Å². The Morgan fingerprint density at radius 3 is 2.70 bits per heavy atom. The molecule has 0 amide bonds. The lowest BCUT2D eigenvalue weighted by Crippen LogP contribution is -2.19. The average molecular weight is 148 g/mol. The number of aliphatic hydroxyl groups excluding tert-OH is 2. The molecule has 2 N–H and O–H groups in total. The van der Waals surface area contributed by atoms with E-state index in [4.69, 9.17) is 19.7 Å². The van der Waals surface area contributed by atoms with Gasteiger partial charge in [-0.05, 0) is 0 Å². The van der Waals surface area contributed by atoms with Gasteiger partial charge in [0.2, 0.25) is 0 Å². The summed E-state index contributed by atoms with van der Waals surface area (Å²) in [6.45, 7) is 0.425. The third kappa shape index (κ3) is 1.67. The molecule has 4 nitrogen and oxygen atoms in total. The van der Waals surface area contributed by atoms with Crippen molar-refractivity contribution in [3.05, 3.63) is 0 Å². The summed E-state index contributed by atoms with van der Waals surface area (Å²) in [4.78, 5) is 0. The monoisotopic (exact) mass is 148 g/mol. The minimum Gasteiger partial charge on any atom is -0.388 e. The molecule has 1 rings (SSSR count). The fraction of sp³-hybridized carbons (Fsp3) is 1.00. The lowest BCUT2D eigenvalue weighted by atomic mass is 10.2. The first-order valence-corrected chi connectivity index (χ1v) is 3.24. The van der Waals surface area contributed by atoms with Crippen LogP contribution < -0.4 is 0 Å². The Balaban J connectivity index is 2.27. The number of ether oxygens (including phenoxy) is 2. The second kappa shape index (κ2) is 3.30. The van der Waals surface area contributed by atoms with Crippen LogP contribution in [0.5, 0.6) is 0 Å². The zero-order valence-corrected chi connectivity index (χ0v) is 5.86. The largest absolute Gasteiger partial charge is 0.388 e. The second-order valence-electron chi connectivity index (χ2n) is 2.41. The van der Waals surface area contributed by atoms with Gasteiger partial charge in [0.25, 0.3) is 0 Å². The van der Waals surface area contributed by atoms with Gasteiger partial charge in [0, 0.05) is 13.5 Å². The Hall–Kier alpha value is -0.160. The Labute approximate surface area is 59.4 Å². The summed E-state index contributed by atoms with van der Waals surface area (Å²) in [7, 11) is 1.56. The highest BCUT2D eigenvalue weighted by Gasteiger charge is 2.31. The summed E-state index contributed by atoms with van der Waals surface area (Å²) in [6, 6.07) is 0. The lowest BCUT2D eigenvalue weighted by Gasteiger charge is -2.07. The van der Waals surface area contributed by atoms with E-state index in [1.165, 1.54) is 0 Å². The van der Waals surface area contributed by atoms with Crippen LogP contribution in [0, 0.1) is 0 Å². The van der Waals surface area contributed by atoms with Gasteiger partial charge in [0.1, 0.15) is 6.10 Å². The van der Waals surface area contributed by atoms with Crippen molar-refractivity contribution in [1.29, 1.82) is 0 Å². The molecule has 10 heavy (non-hydrogen) atoms. The van der Waals surface area contributed by atoms with Crippen LogP contribution in [-0.2, 0) is 9.47 Å². The van der Waals surface area contributed by atoms with Crippen LogP contribution in [0.2, 0.25) is 0 Å². The first kappa shape index (κ1) is 7.94. The molecular weight excluding hydrogens is 136 g/mol. The molecule has 0 aromatic rings. The Bertz CT molecular complexity index is 95.9. The third-order valence-corrected chi connectivity index (χ3v) is 1.52. The van der Waals surface area contributed by atoms with Crippen LogP contribution in [-0.4, -0.2) is 42.4 Å². The number of hydrogen-bond donors (Lipinski definition) is 2. The predicted molar refractivity (Wildman–Crippen MR) is 33.4 cm³/mol. The quantitative estimate of drug-likeness (QED) is 0.533. The van der Waals surface area contributed by atoms with Gasteiger partial charge in [-0.15, -0.1) is 0 Å². The third-order valence-electron chi connectivity index (χ3n) is 1.52. The number of hydrogen-bond acceptors (Lipinski definition) is 4. The molecule has 0 aromatic heterocycles. The van der Waals surface area contributed by atoms with Crippen molar-refractivity contribution in [2.45, 2.75) is 24.9 Å². The van der Waals surface area contributed by atoms with Gasteiger partial charge in [-0.2, -0.15) is 0 Å². The summed E-state index contributed by atoms with van der Waals surface area (Å²) in [5.74, 6) is 0. The summed E-state index contributed by atoms with van der Waals surface area (Å²) >= 11 is 0. The van der Waals surface area contributed by atoms with E-state index in [1.54, 1.807) is 7.11 Å². The molecule has 0 saturated carbocycles. The minimum absolute atomic E-state index is 0.157. The van der Waals surface area contributed by atoms with E-state index in [-0.39, 0.29) is 6.10 Å². The van der Waals surface area contributed by atoms with Crippen LogP contribution in [0.25, 0.3) is 0 Å². The molecule has 3 atom stereocenters. The molecule has 1 fully saturated rings. The molecule has 1 aliphatic heterocycles. The van der Waals surface area contributed by atoms with Crippen molar-refractivity contribution in [2.24, 2.45) is 0 Å². The Morgan fingerprint density at radius 2 is 2.30 bits per heavy atom. The summed E-state index contributed by atoms with van der Waals surface area (Å²) in [5.41, 5.74) is 0. The molecule has 0 aliphatic carbocycles. The first-order valence-electron chi connectivity index (χ1n) is 3.24. The molecule has 0 aromatic carbocycles. The molecule has 0 bridgehead atoms. The van der Waals surface area contributed by atoms with Gasteiger partial charge in [0.15, 0.2) is 6.29 Å². The minimum atomic E-state index is -1.03. The summed E-state index contributed by atoms with van der Waals surface area (Å²) in [5, 5.41) is 17.8. The van der Waals surface area contributed by atoms with Crippen molar-refractivity contribution in [3.8, 4) is 0 Å². The maximum atomic E-state index is 8.96. The SMILES string of the molecule is COCC1CC(O)C(O)O1. The van der Waals surface area contributed by atoms with Crippen LogP contribution in [0.4, 0.5) is 0 Å². The van der Waals surface area contributed by atoms with E-state index < -0.39 is 12.4 Å². The van der Waals surface area contributed by atoms with Crippen LogP contribution in [0.3, 0.4) is 0 Å². The van der Waals surface area contributed by atoms with Crippen molar-refractivity contribution in [2.75, 3.05) is 13.7 Å². The highest BCUT2D eigenvalue weighted by molar-refractivity contribution is 4.74. The predicted octanol–water partition coefficient (Wildman–Crippen LogP) is -0.899. The van der Waals surface area contributed by atoms with Gasteiger partial charge in [-0.3, -0.25) is 0 Å². The highest BCUT2D eigenvalue weighted by atomic mass is 16.6. The highest BCUT2D eigenvalue weighted by Crippen LogP contribution is 2.18. The van der Waals surface area contributed by atoms with Crippen molar-refractivity contribution < 1.29 is 19.7 Å². The standard InChI is InChI=1S/C6H12O4/c1-9-3-4-2-5(7)6(8)10-4/h4-8H,2-3H2,1H3. The fourth-order valence-electron chi connectivity index (χ4n) is 1.02. The summed E-state index contributed by atoms with van der Waals surface area (Å²) < 4.78 is 9.67. The van der Waals surface area contributed by atoms with E-state index in [2.05, 4.69) is 0 Å². The molecule has 1 heterocycles. The van der Waals surface area contributed by atoms with Crippen LogP contribution in [0.1, 0.15) is 6.42 Å². The second-order valence-corrected chi connectivity index (χ2v) is 2.41. The zero-order valence-electron chi connectivity index (χ0n) is 5.86. The smallest absolute Gasteiger partial charge is 0.181 e. The summed E-state index contributed by atoms with van der Waals surface area (Å²) in [6.07, 6.45) is -1.48. The van der Waals surface area contributed by atoms with Crippen molar-refractivity contribution in [1.82, 2.24) is 0 Å². The van der Waals surface area contributed by atoms with Crippen LogP contribution in [0.15, 0.2) is 0 Å². The Kier molecular flexibility index (Phi) is 2.62. The van der Waals surface area contributed by atoms with Gasteiger partial charge >= 0.3 is 0 Å². The topological polar surface area (TPSA) is 58.9 Å². The van der Waals surface area contributed by atoms with Gasteiger partial charge in [0.05, 0.1) is 12.7 Å². The maximum absolute atomic E-state index is 8.96. The van der Waals surface area contributed by atoms with E-state index in [0.29, 0.717) is 13.0 Å². The van der Waals surface area contributed by atoms with Crippen molar-refractivity contribution in [3.63, 3.8) is 0 Å². The van der Waals surface area contributed by atoms with E-state index in [1.807, 2.05) is 0 Å². The number of aliphatic hydroxyl groups is 2. The molecule has 0 spiro atoms. The molecule has 4 heteroatoms. The average Bonchev–Trinajstić information content (AvgIpc) is 2.14. The van der Waals surface area contributed by atoms with E-state index in [0.717, 1.165) is 0 Å². The van der Waals surface area contributed by atoms with E-state index in [9.17, 15) is 0 Å². The maximum Gasteiger partial charge on any atom is 0.181 e. The zero-order chi connectivity index (χ0) is 7.56.